The highest BCUT2D eigenvalue weighted by Crippen LogP contribution is 2.39. The van der Waals surface area contributed by atoms with Crippen LogP contribution in [0.2, 0.25) is 0 Å². The molecular formula is C8H13F3O. The van der Waals surface area contributed by atoms with Crippen molar-refractivity contribution in [1.29, 1.82) is 0 Å². The molecule has 1 nitrogen and oxygen atoms in total. The van der Waals surface area contributed by atoms with Crippen molar-refractivity contribution in [2.24, 2.45) is 11.8 Å². The van der Waals surface area contributed by atoms with Crippen LogP contribution in [0.15, 0.2) is 0 Å². The Morgan fingerprint density at radius 3 is 2.25 bits per heavy atom. The standard InChI is InChI=1S/C8H13F3O/c1-5-2-3-6(7(12)4-5)8(9,10)11/h5-7,12H,2-4H2,1H3. The molecule has 0 amide bonds. The Morgan fingerprint density at radius 2 is 1.83 bits per heavy atom. The first-order valence-electron chi connectivity index (χ1n) is 4.16. The van der Waals surface area contributed by atoms with Crippen LogP contribution in [0.4, 0.5) is 13.2 Å². The topological polar surface area (TPSA) is 20.2 Å². The quantitative estimate of drug-likeness (QED) is 0.609. The minimum atomic E-state index is -4.22. The van der Waals surface area contributed by atoms with Gasteiger partial charge in [0, 0.05) is 0 Å². The molecule has 0 bridgehead atoms. The van der Waals surface area contributed by atoms with E-state index in [9.17, 15) is 13.2 Å². The molecule has 0 aromatic rings. The summed E-state index contributed by atoms with van der Waals surface area (Å²) < 4.78 is 36.5. The van der Waals surface area contributed by atoms with Crippen LogP contribution in [-0.2, 0) is 0 Å². The number of alkyl halides is 3. The summed E-state index contributed by atoms with van der Waals surface area (Å²) in [6.07, 6.45) is -4.48. The molecule has 72 valence electrons. The third kappa shape index (κ3) is 2.12. The van der Waals surface area contributed by atoms with E-state index >= 15 is 0 Å². The van der Waals surface area contributed by atoms with Crippen molar-refractivity contribution >= 4 is 0 Å². The first-order valence-corrected chi connectivity index (χ1v) is 4.16. The lowest BCUT2D eigenvalue weighted by Crippen LogP contribution is -2.38. The molecule has 1 fully saturated rings. The Bertz CT molecular complexity index is 155. The van der Waals surface area contributed by atoms with E-state index in [2.05, 4.69) is 0 Å². The molecule has 1 aliphatic carbocycles. The van der Waals surface area contributed by atoms with Gasteiger partial charge >= 0.3 is 6.18 Å². The smallest absolute Gasteiger partial charge is 0.392 e. The zero-order chi connectivity index (χ0) is 9.35. The molecule has 1 rings (SSSR count). The van der Waals surface area contributed by atoms with Crippen LogP contribution in [0, 0.1) is 11.8 Å². The lowest BCUT2D eigenvalue weighted by molar-refractivity contribution is -0.210. The van der Waals surface area contributed by atoms with E-state index in [1.54, 1.807) is 0 Å². The van der Waals surface area contributed by atoms with Gasteiger partial charge in [-0.15, -0.1) is 0 Å². The van der Waals surface area contributed by atoms with Crippen molar-refractivity contribution in [3.8, 4) is 0 Å². The number of hydrogen-bond donors (Lipinski definition) is 1. The fraction of sp³-hybridized carbons (Fsp3) is 1.00. The minimum Gasteiger partial charge on any atom is -0.392 e. The number of halogens is 3. The van der Waals surface area contributed by atoms with Gasteiger partial charge < -0.3 is 5.11 Å². The van der Waals surface area contributed by atoms with E-state index in [4.69, 9.17) is 5.11 Å². The summed E-state index contributed by atoms with van der Waals surface area (Å²) in [5, 5.41) is 9.15. The molecule has 0 heterocycles. The van der Waals surface area contributed by atoms with Gasteiger partial charge in [-0.25, -0.2) is 0 Å². The summed E-state index contributed by atoms with van der Waals surface area (Å²) in [5.74, 6) is -1.27. The van der Waals surface area contributed by atoms with Crippen LogP contribution in [0.3, 0.4) is 0 Å². The molecular weight excluding hydrogens is 169 g/mol. The molecule has 0 radical (unpaired) electrons. The van der Waals surface area contributed by atoms with Crippen molar-refractivity contribution in [2.45, 2.75) is 38.5 Å². The molecule has 0 saturated heterocycles. The maximum Gasteiger partial charge on any atom is 0.394 e. The van der Waals surface area contributed by atoms with Crippen LogP contribution in [0.1, 0.15) is 26.2 Å². The Kier molecular flexibility index (Phi) is 2.66. The summed E-state index contributed by atoms with van der Waals surface area (Å²) in [5.41, 5.74) is 0. The highest BCUT2D eigenvalue weighted by molar-refractivity contribution is 4.82. The average Bonchev–Trinajstić information content (AvgIpc) is 1.83. The molecule has 1 saturated carbocycles. The molecule has 0 aromatic heterocycles. The van der Waals surface area contributed by atoms with Gasteiger partial charge in [-0.2, -0.15) is 13.2 Å². The fourth-order valence-electron chi connectivity index (χ4n) is 1.73. The summed E-state index contributed by atoms with van der Waals surface area (Å²) in [4.78, 5) is 0. The lowest BCUT2D eigenvalue weighted by atomic mass is 9.80. The summed E-state index contributed by atoms with van der Waals surface area (Å²) in [6, 6.07) is 0. The highest BCUT2D eigenvalue weighted by atomic mass is 19.4. The zero-order valence-corrected chi connectivity index (χ0v) is 6.93. The normalized spacial score (nSPS) is 38.2. The lowest BCUT2D eigenvalue weighted by Gasteiger charge is -2.32. The van der Waals surface area contributed by atoms with Crippen molar-refractivity contribution < 1.29 is 18.3 Å². The van der Waals surface area contributed by atoms with E-state index in [1.807, 2.05) is 6.92 Å². The van der Waals surface area contributed by atoms with Gasteiger partial charge in [-0.3, -0.25) is 0 Å². The molecule has 4 heteroatoms. The van der Waals surface area contributed by atoms with Gasteiger partial charge in [0.1, 0.15) is 0 Å². The van der Waals surface area contributed by atoms with E-state index in [0.29, 0.717) is 6.42 Å². The Hall–Kier alpha value is -0.250. The van der Waals surface area contributed by atoms with Crippen LogP contribution >= 0.6 is 0 Å². The number of aliphatic hydroxyl groups excluding tert-OH is 1. The van der Waals surface area contributed by atoms with E-state index in [0.717, 1.165) is 0 Å². The maximum absolute atomic E-state index is 12.2. The largest absolute Gasteiger partial charge is 0.394 e. The van der Waals surface area contributed by atoms with Crippen molar-refractivity contribution in [2.75, 3.05) is 0 Å². The molecule has 12 heavy (non-hydrogen) atoms. The summed E-state index contributed by atoms with van der Waals surface area (Å²) in [6.45, 7) is 1.87. The van der Waals surface area contributed by atoms with Gasteiger partial charge in [0.25, 0.3) is 0 Å². The van der Waals surface area contributed by atoms with Crippen molar-refractivity contribution in [1.82, 2.24) is 0 Å². The second-order valence-electron chi connectivity index (χ2n) is 3.63. The predicted molar refractivity (Wildman–Crippen MR) is 38.6 cm³/mol. The third-order valence-electron chi connectivity index (χ3n) is 2.50. The third-order valence-corrected chi connectivity index (χ3v) is 2.50. The average molecular weight is 182 g/mol. The number of aliphatic hydroxyl groups is 1. The van der Waals surface area contributed by atoms with E-state index in [1.165, 1.54) is 0 Å². The number of hydrogen-bond acceptors (Lipinski definition) is 1. The van der Waals surface area contributed by atoms with Gasteiger partial charge in [-0.05, 0) is 25.2 Å². The van der Waals surface area contributed by atoms with Crippen LogP contribution in [0.5, 0.6) is 0 Å². The van der Waals surface area contributed by atoms with Crippen LogP contribution in [-0.4, -0.2) is 17.4 Å². The first kappa shape index (κ1) is 9.84. The monoisotopic (exact) mass is 182 g/mol. The second-order valence-corrected chi connectivity index (χ2v) is 3.63. The fourth-order valence-corrected chi connectivity index (χ4v) is 1.73. The van der Waals surface area contributed by atoms with Crippen molar-refractivity contribution in [3.05, 3.63) is 0 Å². The van der Waals surface area contributed by atoms with Crippen LogP contribution < -0.4 is 0 Å². The summed E-state index contributed by atoms with van der Waals surface area (Å²) in [7, 11) is 0. The Morgan fingerprint density at radius 1 is 1.25 bits per heavy atom. The van der Waals surface area contributed by atoms with E-state index in [-0.39, 0.29) is 18.8 Å². The summed E-state index contributed by atoms with van der Waals surface area (Å²) >= 11 is 0. The molecule has 1 N–H and O–H groups in total. The molecule has 3 atom stereocenters. The Balaban J connectivity index is 2.57. The van der Waals surface area contributed by atoms with Gasteiger partial charge in [0.15, 0.2) is 0 Å². The van der Waals surface area contributed by atoms with Crippen molar-refractivity contribution in [3.63, 3.8) is 0 Å². The minimum absolute atomic E-state index is 0.0752. The van der Waals surface area contributed by atoms with Gasteiger partial charge in [0.05, 0.1) is 12.0 Å². The Labute approximate surface area is 69.6 Å². The first-order chi connectivity index (χ1) is 5.41. The predicted octanol–water partition coefficient (Wildman–Crippen LogP) is 2.35. The van der Waals surface area contributed by atoms with Gasteiger partial charge in [0.2, 0.25) is 0 Å². The molecule has 3 unspecified atom stereocenters. The molecule has 1 aliphatic rings. The van der Waals surface area contributed by atoms with Gasteiger partial charge in [-0.1, -0.05) is 6.92 Å². The molecule has 0 aromatic carbocycles. The highest BCUT2D eigenvalue weighted by Gasteiger charge is 2.45. The SMILES string of the molecule is CC1CCC(C(F)(F)F)C(O)C1. The zero-order valence-electron chi connectivity index (χ0n) is 6.93. The number of rotatable bonds is 0. The molecule has 0 spiro atoms. The molecule has 0 aliphatic heterocycles. The second kappa shape index (κ2) is 3.24. The van der Waals surface area contributed by atoms with E-state index < -0.39 is 18.2 Å². The van der Waals surface area contributed by atoms with Crippen LogP contribution in [0.25, 0.3) is 0 Å². The maximum atomic E-state index is 12.2.